The van der Waals surface area contributed by atoms with Crippen LogP contribution in [0.25, 0.3) is 11.0 Å². The topological polar surface area (TPSA) is 69.0 Å². The fraction of sp³-hybridized carbons (Fsp3) is 0.389. The highest BCUT2D eigenvalue weighted by Crippen LogP contribution is 2.22. The van der Waals surface area contributed by atoms with Gasteiger partial charge in [0.25, 0.3) is 5.91 Å². The molecule has 2 aromatic heterocycles. The Bertz CT molecular complexity index is 900. The number of imidazole rings is 1. The minimum atomic E-state index is -0.224. The molecule has 25 heavy (non-hydrogen) atoms. The standard InChI is InChI=1S/C18H22N4O2S/c1-11-16(25-13(3)19-11)18(23)20-12(2)17-21-14-7-5-6-8-15(14)22(17)9-10-24-4/h5-8,12H,9-10H2,1-4H3,(H,20,23)/t12-/m1/s1. The Hall–Kier alpha value is -2.25. The third-order valence-corrected chi connectivity index (χ3v) is 5.12. The molecule has 2 heterocycles. The van der Waals surface area contributed by atoms with E-state index in [4.69, 9.17) is 9.72 Å². The first-order valence-corrected chi connectivity index (χ1v) is 9.02. The van der Waals surface area contributed by atoms with Crippen molar-refractivity contribution in [3.63, 3.8) is 0 Å². The molecule has 1 atom stereocenters. The number of aromatic nitrogens is 3. The molecule has 6 nitrogen and oxygen atoms in total. The van der Waals surface area contributed by atoms with Gasteiger partial charge in [0.1, 0.15) is 10.7 Å². The van der Waals surface area contributed by atoms with Crippen molar-refractivity contribution in [3.05, 3.63) is 45.7 Å². The van der Waals surface area contributed by atoms with E-state index in [0.717, 1.165) is 27.6 Å². The molecule has 0 radical (unpaired) electrons. The van der Waals surface area contributed by atoms with Crippen molar-refractivity contribution in [2.24, 2.45) is 0 Å². The molecule has 1 N–H and O–H groups in total. The first-order chi connectivity index (χ1) is 12.0. The number of rotatable bonds is 6. The van der Waals surface area contributed by atoms with Crippen LogP contribution >= 0.6 is 11.3 Å². The van der Waals surface area contributed by atoms with Gasteiger partial charge in [-0.3, -0.25) is 4.79 Å². The van der Waals surface area contributed by atoms with E-state index in [1.165, 1.54) is 11.3 Å². The fourth-order valence-corrected chi connectivity index (χ4v) is 3.73. The number of hydrogen-bond donors (Lipinski definition) is 1. The van der Waals surface area contributed by atoms with E-state index in [0.29, 0.717) is 18.0 Å². The Kier molecular flexibility index (Phi) is 5.15. The Morgan fingerprint density at radius 3 is 2.76 bits per heavy atom. The van der Waals surface area contributed by atoms with Crippen LogP contribution in [0.4, 0.5) is 0 Å². The molecule has 0 saturated heterocycles. The normalized spacial score (nSPS) is 12.5. The Balaban J connectivity index is 1.89. The third-order valence-electron chi connectivity index (χ3n) is 4.05. The van der Waals surface area contributed by atoms with Gasteiger partial charge in [0.15, 0.2) is 0 Å². The Labute approximate surface area is 150 Å². The zero-order valence-electron chi connectivity index (χ0n) is 14.9. The number of amides is 1. The number of para-hydroxylation sites is 2. The second kappa shape index (κ2) is 7.33. The number of nitrogens with one attached hydrogen (secondary N) is 1. The summed E-state index contributed by atoms with van der Waals surface area (Å²) < 4.78 is 7.33. The van der Waals surface area contributed by atoms with Gasteiger partial charge in [-0.05, 0) is 32.9 Å². The van der Waals surface area contributed by atoms with Gasteiger partial charge < -0.3 is 14.6 Å². The third kappa shape index (κ3) is 3.57. The van der Waals surface area contributed by atoms with E-state index < -0.39 is 0 Å². The Morgan fingerprint density at radius 1 is 1.32 bits per heavy atom. The van der Waals surface area contributed by atoms with Crippen LogP contribution in [-0.2, 0) is 11.3 Å². The number of fused-ring (bicyclic) bond motifs is 1. The van der Waals surface area contributed by atoms with E-state index in [1.54, 1.807) is 7.11 Å². The van der Waals surface area contributed by atoms with Gasteiger partial charge in [-0.15, -0.1) is 11.3 Å². The largest absolute Gasteiger partial charge is 0.383 e. The van der Waals surface area contributed by atoms with Crippen LogP contribution in [0.3, 0.4) is 0 Å². The van der Waals surface area contributed by atoms with Crippen LogP contribution in [0.15, 0.2) is 24.3 Å². The molecule has 3 aromatic rings. The van der Waals surface area contributed by atoms with Gasteiger partial charge in [0, 0.05) is 13.7 Å². The lowest BCUT2D eigenvalue weighted by atomic mass is 10.3. The van der Waals surface area contributed by atoms with Gasteiger partial charge in [0.2, 0.25) is 0 Å². The number of thiazole rings is 1. The van der Waals surface area contributed by atoms with Crippen LogP contribution in [0.2, 0.25) is 0 Å². The van der Waals surface area contributed by atoms with Gasteiger partial charge in [-0.1, -0.05) is 12.1 Å². The molecular formula is C18H22N4O2S. The molecule has 0 spiro atoms. The molecule has 0 saturated carbocycles. The van der Waals surface area contributed by atoms with E-state index in [9.17, 15) is 4.79 Å². The molecule has 3 rings (SSSR count). The smallest absolute Gasteiger partial charge is 0.263 e. The minimum Gasteiger partial charge on any atom is -0.383 e. The molecule has 0 unspecified atom stereocenters. The maximum Gasteiger partial charge on any atom is 0.263 e. The lowest BCUT2D eigenvalue weighted by Gasteiger charge is -2.16. The SMILES string of the molecule is COCCn1c([C@@H](C)NC(=O)c2sc(C)nc2C)nc2ccccc21. The number of hydrogen-bond acceptors (Lipinski definition) is 5. The monoisotopic (exact) mass is 358 g/mol. The molecule has 1 aromatic carbocycles. The van der Waals surface area contributed by atoms with Crippen LogP contribution in [0.5, 0.6) is 0 Å². The lowest BCUT2D eigenvalue weighted by Crippen LogP contribution is -2.29. The maximum atomic E-state index is 12.6. The second-order valence-corrected chi connectivity index (χ2v) is 7.15. The maximum absolute atomic E-state index is 12.6. The molecule has 1 amide bonds. The predicted octanol–water partition coefficient (Wildman–Crippen LogP) is 3.25. The zero-order chi connectivity index (χ0) is 18.0. The summed E-state index contributed by atoms with van der Waals surface area (Å²) in [5.41, 5.74) is 2.72. The number of nitrogens with zero attached hydrogens (tertiary/aromatic N) is 3. The summed E-state index contributed by atoms with van der Waals surface area (Å²) in [4.78, 5) is 22.3. The predicted molar refractivity (Wildman–Crippen MR) is 99.1 cm³/mol. The molecule has 0 fully saturated rings. The minimum absolute atomic E-state index is 0.110. The highest BCUT2D eigenvalue weighted by atomic mass is 32.1. The van der Waals surface area contributed by atoms with Gasteiger partial charge in [-0.25, -0.2) is 9.97 Å². The molecule has 0 aliphatic rings. The van der Waals surface area contributed by atoms with Crippen molar-refractivity contribution in [3.8, 4) is 0 Å². The number of aryl methyl sites for hydroxylation is 2. The van der Waals surface area contributed by atoms with E-state index >= 15 is 0 Å². The van der Waals surface area contributed by atoms with Crippen molar-refractivity contribution >= 4 is 28.3 Å². The number of ether oxygens (including phenoxy) is 1. The summed E-state index contributed by atoms with van der Waals surface area (Å²) in [5, 5.41) is 3.94. The molecule has 0 aliphatic carbocycles. The summed E-state index contributed by atoms with van der Waals surface area (Å²) in [6.07, 6.45) is 0. The number of carbonyl (C=O) groups is 1. The summed E-state index contributed by atoms with van der Waals surface area (Å²) in [6.45, 7) is 6.98. The van der Waals surface area contributed by atoms with Gasteiger partial charge >= 0.3 is 0 Å². The van der Waals surface area contributed by atoms with Crippen molar-refractivity contribution in [1.82, 2.24) is 19.9 Å². The van der Waals surface area contributed by atoms with Crippen molar-refractivity contribution in [1.29, 1.82) is 0 Å². The lowest BCUT2D eigenvalue weighted by molar-refractivity contribution is 0.0940. The highest BCUT2D eigenvalue weighted by Gasteiger charge is 2.21. The summed E-state index contributed by atoms with van der Waals surface area (Å²) >= 11 is 1.41. The number of benzene rings is 1. The average molecular weight is 358 g/mol. The average Bonchev–Trinajstić information content (AvgIpc) is 3.12. The van der Waals surface area contributed by atoms with Crippen molar-refractivity contribution in [2.75, 3.05) is 13.7 Å². The fourth-order valence-electron chi connectivity index (χ4n) is 2.91. The summed E-state index contributed by atoms with van der Waals surface area (Å²) in [5.74, 6) is 0.714. The van der Waals surface area contributed by atoms with Crippen molar-refractivity contribution in [2.45, 2.75) is 33.4 Å². The van der Waals surface area contributed by atoms with Gasteiger partial charge in [0.05, 0.1) is 34.4 Å². The zero-order valence-corrected chi connectivity index (χ0v) is 15.7. The molecule has 0 bridgehead atoms. The first kappa shape index (κ1) is 17.6. The quantitative estimate of drug-likeness (QED) is 0.734. The van der Waals surface area contributed by atoms with Gasteiger partial charge in [-0.2, -0.15) is 0 Å². The van der Waals surface area contributed by atoms with E-state index in [-0.39, 0.29) is 11.9 Å². The van der Waals surface area contributed by atoms with Crippen LogP contribution < -0.4 is 5.32 Å². The van der Waals surface area contributed by atoms with Crippen molar-refractivity contribution < 1.29 is 9.53 Å². The van der Waals surface area contributed by atoms with Crippen LogP contribution in [0.1, 0.15) is 39.2 Å². The second-order valence-electron chi connectivity index (χ2n) is 5.95. The first-order valence-electron chi connectivity index (χ1n) is 8.20. The molecular weight excluding hydrogens is 336 g/mol. The Morgan fingerprint density at radius 2 is 2.08 bits per heavy atom. The highest BCUT2D eigenvalue weighted by molar-refractivity contribution is 7.13. The van der Waals surface area contributed by atoms with Crippen LogP contribution in [-0.4, -0.2) is 34.2 Å². The molecule has 0 aliphatic heterocycles. The number of carbonyl (C=O) groups excluding carboxylic acids is 1. The van der Waals surface area contributed by atoms with E-state index in [1.807, 2.05) is 45.0 Å². The number of methoxy groups -OCH3 is 1. The molecule has 7 heteroatoms. The van der Waals surface area contributed by atoms with Crippen LogP contribution in [0, 0.1) is 13.8 Å². The van der Waals surface area contributed by atoms with E-state index in [2.05, 4.69) is 14.9 Å². The summed E-state index contributed by atoms with van der Waals surface area (Å²) in [6, 6.07) is 7.75. The molecule has 132 valence electrons. The summed E-state index contributed by atoms with van der Waals surface area (Å²) in [7, 11) is 1.68.